The first-order chi connectivity index (χ1) is 13.2. The largest absolute Gasteiger partial charge is 0.334 e. The van der Waals surface area contributed by atoms with Gasteiger partial charge in [-0.3, -0.25) is 9.69 Å². The smallest absolute Gasteiger partial charge is 0.293 e. The van der Waals surface area contributed by atoms with Crippen molar-refractivity contribution in [1.82, 2.24) is 29.9 Å². The third-order valence-corrected chi connectivity index (χ3v) is 5.70. The quantitative estimate of drug-likeness (QED) is 0.861. The number of para-hydroxylation sites is 1. The molecule has 1 aromatic heterocycles. The SMILES string of the molecule is CCc1nc(C(=O)N2CCC(N3CCNCC3)C2)nn1-c1ccccc1Cl. The van der Waals surface area contributed by atoms with Crippen molar-refractivity contribution >= 4 is 17.5 Å². The van der Waals surface area contributed by atoms with Gasteiger partial charge < -0.3 is 10.2 Å². The lowest BCUT2D eigenvalue weighted by molar-refractivity contribution is 0.0761. The van der Waals surface area contributed by atoms with E-state index in [0.717, 1.165) is 57.2 Å². The van der Waals surface area contributed by atoms with Gasteiger partial charge in [0.2, 0.25) is 5.82 Å². The third kappa shape index (κ3) is 3.72. The average Bonchev–Trinajstić information content (AvgIpc) is 3.36. The minimum Gasteiger partial charge on any atom is -0.334 e. The van der Waals surface area contributed by atoms with Crippen molar-refractivity contribution in [3.63, 3.8) is 0 Å². The molecule has 4 rings (SSSR count). The van der Waals surface area contributed by atoms with Crippen LogP contribution in [-0.2, 0) is 6.42 Å². The summed E-state index contributed by atoms with van der Waals surface area (Å²) in [6, 6.07) is 7.93. The molecule has 2 aliphatic rings. The van der Waals surface area contributed by atoms with Crippen LogP contribution >= 0.6 is 11.6 Å². The van der Waals surface area contributed by atoms with Crippen molar-refractivity contribution in [1.29, 1.82) is 0 Å². The van der Waals surface area contributed by atoms with Crippen LogP contribution in [0.15, 0.2) is 24.3 Å². The first-order valence-corrected chi connectivity index (χ1v) is 10.00. The molecule has 0 spiro atoms. The van der Waals surface area contributed by atoms with Gasteiger partial charge in [0.25, 0.3) is 5.91 Å². The molecule has 2 saturated heterocycles. The standard InChI is InChI=1S/C19H25ClN6O/c1-2-17-22-18(23-26(17)16-6-4-3-5-15(16)20)19(27)25-10-7-14(13-25)24-11-8-21-9-12-24/h3-6,14,21H,2,7-13H2,1H3. The molecule has 27 heavy (non-hydrogen) atoms. The molecule has 0 saturated carbocycles. The van der Waals surface area contributed by atoms with Gasteiger partial charge in [-0.15, -0.1) is 5.10 Å². The van der Waals surface area contributed by atoms with Crippen molar-refractivity contribution in [3.8, 4) is 5.69 Å². The number of halogens is 1. The maximum atomic E-state index is 13.0. The number of likely N-dealkylation sites (tertiary alicyclic amines) is 1. The summed E-state index contributed by atoms with van der Waals surface area (Å²) in [7, 11) is 0. The van der Waals surface area contributed by atoms with Crippen molar-refractivity contribution < 1.29 is 4.79 Å². The fourth-order valence-corrected chi connectivity index (χ4v) is 4.11. The lowest BCUT2D eigenvalue weighted by Crippen LogP contribution is -2.49. The van der Waals surface area contributed by atoms with Gasteiger partial charge in [-0.2, -0.15) is 0 Å². The highest BCUT2D eigenvalue weighted by Crippen LogP contribution is 2.22. The van der Waals surface area contributed by atoms with Crippen molar-refractivity contribution in [2.24, 2.45) is 0 Å². The van der Waals surface area contributed by atoms with E-state index in [0.29, 0.717) is 17.5 Å². The molecule has 2 aromatic rings. The van der Waals surface area contributed by atoms with Crippen LogP contribution in [-0.4, -0.2) is 75.8 Å². The van der Waals surface area contributed by atoms with E-state index < -0.39 is 0 Å². The van der Waals surface area contributed by atoms with Crippen LogP contribution in [0.5, 0.6) is 0 Å². The van der Waals surface area contributed by atoms with Crippen LogP contribution in [0.2, 0.25) is 5.02 Å². The molecular formula is C19H25ClN6O. The van der Waals surface area contributed by atoms with Gasteiger partial charge in [-0.25, -0.2) is 9.67 Å². The number of hydrogen-bond donors (Lipinski definition) is 1. The van der Waals surface area contributed by atoms with Gasteiger partial charge in [-0.05, 0) is 18.6 Å². The Hall–Kier alpha value is -1.96. The zero-order valence-electron chi connectivity index (χ0n) is 15.6. The number of nitrogens with one attached hydrogen (secondary N) is 1. The number of carbonyl (C=O) groups is 1. The van der Waals surface area contributed by atoms with Gasteiger partial charge in [0.05, 0.1) is 10.7 Å². The molecular weight excluding hydrogens is 364 g/mol. The Morgan fingerprint density at radius 2 is 2.04 bits per heavy atom. The fourth-order valence-electron chi connectivity index (χ4n) is 3.89. The van der Waals surface area contributed by atoms with Crippen molar-refractivity contribution in [2.75, 3.05) is 39.3 Å². The Morgan fingerprint density at radius 3 is 2.78 bits per heavy atom. The molecule has 8 heteroatoms. The van der Waals surface area contributed by atoms with Gasteiger partial charge >= 0.3 is 0 Å². The van der Waals surface area contributed by atoms with E-state index in [9.17, 15) is 4.79 Å². The predicted octanol–water partition coefficient (Wildman–Crippen LogP) is 1.60. The number of piperazine rings is 1. The minimum atomic E-state index is -0.0897. The zero-order valence-corrected chi connectivity index (χ0v) is 16.3. The second kappa shape index (κ2) is 7.96. The molecule has 144 valence electrons. The first-order valence-electron chi connectivity index (χ1n) is 9.62. The van der Waals surface area contributed by atoms with Crippen LogP contribution in [0, 0.1) is 0 Å². The molecule has 2 fully saturated rings. The summed E-state index contributed by atoms with van der Waals surface area (Å²) in [5.41, 5.74) is 0.752. The summed E-state index contributed by atoms with van der Waals surface area (Å²) >= 11 is 6.31. The summed E-state index contributed by atoms with van der Waals surface area (Å²) in [5.74, 6) is 0.908. The molecule has 1 N–H and O–H groups in total. The van der Waals surface area contributed by atoms with E-state index in [2.05, 4.69) is 20.3 Å². The second-order valence-corrected chi connectivity index (χ2v) is 7.46. The highest BCUT2D eigenvalue weighted by molar-refractivity contribution is 6.32. The molecule has 0 bridgehead atoms. The number of nitrogens with zero attached hydrogens (tertiary/aromatic N) is 5. The molecule has 0 aliphatic carbocycles. The Morgan fingerprint density at radius 1 is 1.26 bits per heavy atom. The number of amides is 1. The maximum absolute atomic E-state index is 13.0. The average molecular weight is 389 g/mol. The molecule has 1 atom stereocenters. The number of hydrogen-bond acceptors (Lipinski definition) is 5. The number of carbonyl (C=O) groups excluding carboxylic acids is 1. The number of aryl methyl sites for hydroxylation is 1. The minimum absolute atomic E-state index is 0.0897. The number of aromatic nitrogens is 3. The van der Waals surface area contributed by atoms with Crippen LogP contribution in [0.4, 0.5) is 0 Å². The van der Waals surface area contributed by atoms with E-state index in [1.165, 1.54) is 0 Å². The fraction of sp³-hybridized carbons (Fsp3) is 0.526. The summed E-state index contributed by atoms with van der Waals surface area (Å²) in [5, 5.41) is 8.47. The van der Waals surface area contributed by atoms with Crippen LogP contribution in [0.25, 0.3) is 5.69 Å². The van der Waals surface area contributed by atoms with Crippen molar-refractivity contribution in [2.45, 2.75) is 25.8 Å². The lowest BCUT2D eigenvalue weighted by Gasteiger charge is -2.32. The highest BCUT2D eigenvalue weighted by atomic mass is 35.5. The summed E-state index contributed by atoms with van der Waals surface area (Å²) in [6.07, 6.45) is 1.69. The highest BCUT2D eigenvalue weighted by Gasteiger charge is 2.33. The molecule has 1 amide bonds. The van der Waals surface area contributed by atoms with E-state index in [4.69, 9.17) is 11.6 Å². The Balaban J connectivity index is 1.52. The normalized spacial score (nSPS) is 21.0. The van der Waals surface area contributed by atoms with E-state index in [1.807, 2.05) is 36.1 Å². The predicted molar refractivity (Wildman–Crippen MR) is 104 cm³/mol. The monoisotopic (exact) mass is 388 g/mol. The van der Waals surface area contributed by atoms with E-state index >= 15 is 0 Å². The van der Waals surface area contributed by atoms with E-state index in [-0.39, 0.29) is 11.7 Å². The molecule has 7 nitrogen and oxygen atoms in total. The van der Waals surface area contributed by atoms with E-state index in [1.54, 1.807) is 4.68 Å². The topological polar surface area (TPSA) is 66.3 Å². The third-order valence-electron chi connectivity index (χ3n) is 5.38. The van der Waals surface area contributed by atoms with Crippen LogP contribution in [0.3, 0.4) is 0 Å². The van der Waals surface area contributed by atoms with Crippen LogP contribution < -0.4 is 5.32 Å². The lowest BCUT2D eigenvalue weighted by atomic mass is 10.2. The Bertz CT molecular complexity index is 816. The second-order valence-electron chi connectivity index (χ2n) is 7.05. The number of benzene rings is 1. The van der Waals surface area contributed by atoms with Gasteiger partial charge in [0.1, 0.15) is 5.82 Å². The molecule has 1 aromatic carbocycles. The van der Waals surface area contributed by atoms with Crippen LogP contribution in [0.1, 0.15) is 29.8 Å². The van der Waals surface area contributed by atoms with Gasteiger partial charge in [0.15, 0.2) is 0 Å². The van der Waals surface area contributed by atoms with Crippen molar-refractivity contribution in [3.05, 3.63) is 40.9 Å². The summed E-state index contributed by atoms with van der Waals surface area (Å²) < 4.78 is 1.69. The Kier molecular flexibility index (Phi) is 5.43. The summed E-state index contributed by atoms with van der Waals surface area (Å²) in [6.45, 7) is 7.65. The molecule has 0 radical (unpaired) electrons. The molecule has 3 heterocycles. The zero-order chi connectivity index (χ0) is 18.8. The Labute approximate surface area is 164 Å². The van der Waals surface area contributed by atoms with Gasteiger partial charge in [0, 0.05) is 51.7 Å². The van der Waals surface area contributed by atoms with Gasteiger partial charge in [-0.1, -0.05) is 30.7 Å². The molecule has 1 unspecified atom stereocenters. The molecule has 2 aliphatic heterocycles. The number of rotatable bonds is 4. The first kappa shape index (κ1) is 18.4. The maximum Gasteiger partial charge on any atom is 0.293 e. The summed E-state index contributed by atoms with van der Waals surface area (Å²) in [4.78, 5) is 21.9.